The Hall–Kier alpha value is -3.22. The Balaban J connectivity index is 1.17. The summed E-state index contributed by atoms with van der Waals surface area (Å²) in [5, 5.41) is 9.74. The van der Waals surface area contributed by atoms with Crippen molar-refractivity contribution in [2.24, 2.45) is 0 Å². The number of rotatable bonds is 4. The number of hydrogen-bond donors (Lipinski definition) is 2. The van der Waals surface area contributed by atoms with E-state index in [0.29, 0.717) is 57.0 Å². The SMILES string of the molecule is Cc1cc(N[C@]23CO[C@](C(=O)N4CCN(c5ncc(C(F)(F)F)cn5)CC4)(C2)C3)n[nH]c1=O. The van der Waals surface area contributed by atoms with Gasteiger partial charge in [-0.05, 0) is 13.0 Å². The molecule has 2 N–H and O–H groups in total. The smallest absolute Gasteiger partial charge is 0.363 e. The first-order valence-corrected chi connectivity index (χ1v) is 10.5. The quantitative estimate of drug-likeness (QED) is 0.686. The topological polar surface area (TPSA) is 116 Å². The molecule has 2 bridgehead atoms. The van der Waals surface area contributed by atoms with Gasteiger partial charge in [0.2, 0.25) is 5.95 Å². The summed E-state index contributed by atoms with van der Waals surface area (Å²) >= 11 is 0. The minimum atomic E-state index is -4.48. The summed E-state index contributed by atoms with van der Waals surface area (Å²) in [7, 11) is 0. The minimum Gasteiger partial charge on any atom is -0.363 e. The van der Waals surface area contributed by atoms with E-state index in [-0.39, 0.29) is 17.4 Å². The molecule has 5 heterocycles. The van der Waals surface area contributed by atoms with Crippen LogP contribution in [0.25, 0.3) is 0 Å². The molecular weight excluding hydrogens is 443 g/mol. The van der Waals surface area contributed by atoms with Crippen LogP contribution in [-0.4, -0.2) is 74.9 Å². The van der Waals surface area contributed by atoms with E-state index >= 15 is 0 Å². The van der Waals surface area contributed by atoms with Gasteiger partial charge in [-0.2, -0.15) is 18.3 Å². The number of hydrogen-bond acceptors (Lipinski definition) is 8. The summed E-state index contributed by atoms with van der Waals surface area (Å²) in [6, 6.07) is 1.66. The van der Waals surface area contributed by atoms with Crippen molar-refractivity contribution in [2.45, 2.75) is 37.1 Å². The number of halogens is 3. The number of aryl methyl sites for hydroxylation is 1. The highest BCUT2D eigenvalue weighted by Gasteiger charge is 2.67. The van der Waals surface area contributed by atoms with Crippen LogP contribution in [0.15, 0.2) is 23.3 Å². The summed E-state index contributed by atoms with van der Waals surface area (Å²) in [5.74, 6) is 0.653. The Kier molecular flexibility index (Phi) is 4.85. The van der Waals surface area contributed by atoms with Crippen molar-refractivity contribution in [3.8, 4) is 0 Å². The van der Waals surface area contributed by atoms with Crippen molar-refractivity contribution in [1.82, 2.24) is 25.1 Å². The molecule has 2 aromatic rings. The van der Waals surface area contributed by atoms with Crippen molar-refractivity contribution in [1.29, 1.82) is 0 Å². The van der Waals surface area contributed by atoms with Crippen molar-refractivity contribution in [2.75, 3.05) is 43.0 Å². The number of H-pyrrole nitrogens is 1. The van der Waals surface area contributed by atoms with Crippen molar-refractivity contribution in [3.63, 3.8) is 0 Å². The molecule has 0 spiro atoms. The third-order valence-corrected chi connectivity index (χ3v) is 6.46. The van der Waals surface area contributed by atoms with E-state index in [4.69, 9.17) is 4.74 Å². The van der Waals surface area contributed by atoms with Crippen LogP contribution < -0.4 is 15.8 Å². The second kappa shape index (κ2) is 7.40. The highest BCUT2D eigenvalue weighted by atomic mass is 19.4. The van der Waals surface area contributed by atoms with Gasteiger partial charge in [0.05, 0.1) is 17.7 Å². The number of ether oxygens (including phenoxy) is 1. The first-order valence-electron chi connectivity index (χ1n) is 10.5. The van der Waals surface area contributed by atoms with Gasteiger partial charge in [0.1, 0.15) is 5.82 Å². The molecule has 33 heavy (non-hydrogen) atoms. The normalized spacial score (nSPS) is 26.8. The zero-order valence-corrected chi connectivity index (χ0v) is 17.8. The van der Waals surface area contributed by atoms with E-state index in [9.17, 15) is 22.8 Å². The van der Waals surface area contributed by atoms with Crippen LogP contribution in [0.2, 0.25) is 0 Å². The van der Waals surface area contributed by atoms with Gasteiger partial charge in [0, 0.05) is 57.0 Å². The van der Waals surface area contributed by atoms with Gasteiger partial charge >= 0.3 is 6.18 Å². The lowest BCUT2D eigenvalue weighted by molar-refractivity contribution is -0.155. The number of carbonyl (C=O) groups excluding carboxylic acids is 1. The Morgan fingerprint density at radius 2 is 1.85 bits per heavy atom. The number of carbonyl (C=O) groups is 1. The molecule has 3 saturated heterocycles. The first-order chi connectivity index (χ1) is 15.6. The molecule has 0 radical (unpaired) electrons. The highest BCUT2D eigenvalue weighted by Crippen LogP contribution is 2.53. The zero-order chi connectivity index (χ0) is 23.4. The maximum absolute atomic E-state index is 13.2. The molecular formula is C20H22F3N7O3. The first kappa shape index (κ1) is 21.6. The van der Waals surface area contributed by atoms with E-state index in [1.807, 2.05) is 0 Å². The number of piperazine rings is 1. The van der Waals surface area contributed by atoms with Gasteiger partial charge in [-0.25, -0.2) is 15.1 Å². The molecule has 13 heteroatoms. The number of alkyl halides is 3. The fraction of sp³-hybridized carbons (Fsp3) is 0.550. The third kappa shape index (κ3) is 3.79. The molecule has 4 fully saturated rings. The monoisotopic (exact) mass is 465 g/mol. The lowest BCUT2D eigenvalue weighted by Gasteiger charge is -2.47. The number of fused-ring (bicyclic) bond motifs is 1. The largest absolute Gasteiger partial charge is 0.419 e. The number of nitrogens with zero attached hydrogens (tertiary/aromatic N) is 5. The summed E-state index contributed by atoms with van der Waals surface area (Å²) < 4.78 is 44.0. The standard InChI is InChI=1S/C20H22F3N7O3/c1-12-6-14(27-28-15(12)31)26-18-9-19(10-18,33-11-18)16(32)29-2-4-30(5-3-29)17-24-7-13(8-25-17)20(21,22)23/h6-8H,2-5,9-11H2,1H3,(H,26,27)(H,28,31)/t18-,19-. The molecule has 0 unspecified atom stereocenters. The van der Waals surface area contributed by atoms with Gasteiger partial charge in [-0.3, -0.25) is 9.59 Å². The number of amides is 1. The van der Waals surface area contributed by atoms with Crippen LogP contribution in [0.4, 0.5) is 24.9 Å². The van der Waals surface area contributed by atoms with E-state index in [1.165, 1.54) is 0 Å². The molecule has 0 atom stereocenters. The van der Waals surface area contributed by atoms with Gasteiger partial charge in [0.25, 0.3) is 11.5 Å². The molecule has 0 aromatic carbocycles. The fourth-order valence-electron chi connectivity index (χ4n) is 4.73. The summed E-state index contributed by atoms with van der Waals surface area (Å²) in [6.45, 7) is 3.68. The van der Waals surface area contributed by atoms with E-state index < -0.39 is 22.9 Å². The number of aromatic amines is 1. The van der Waals surface area contributed by atoms with Crippen molar-refractivity contribution < 1.29 is 22.7 Å². The van der Waals surface area contributed by atoms with Crippen LogP contribution in [0.5, 0.6) is 0 Å². The number of nitrogens with one attached hydrogen (secondary N) is 2. The summed E-state index contributed by atoms with van der Waals surface area (Å²) in [4.78, 5) is 35.8. The molecule has 176 valence electrons. The van der Waals surface area contributed by atoms with Crippen molar-refractivity contribution in [3.05, 3.63) is 39.9 Å². The van der Waals surface area contributed by atoms with Gasteiger partial charge in [-0.1, -0.05) is 0 Å². The van der Waals surface area contributed by atoms with E-state index in [1.54, 1.807) is 22.8 Å². The molecule has 1 amide bonds. The van der Waals surface area contributed by atoms with Gasteiger partial charge in [-0.15, -0.1) is 0 Å². The maximum Gasteiger partial charge on any atom is 0.419 e. The molecule has 3 aliphatic heterocycles. The number of aromatic nitrogens is 4. The van der Waals surface area contributed by atoms with Crippen LogP contribution in [0.3, 0.4) is 0 Å². The average Bonchev–Trinajstić information content (AvgIpc) is 3.32. The van der Waals surface area contributed by atoms with Crippen LogP contribution >= 0.6 is 0 Å². The predicted octanol–water partition coefficient (Wildman–Crippen LogP) is 0.949. The Bertz CT molecular complexity index is 1120. The maximum atomic E-state index is 13.2. The second-order valence-electron chi connectivity index (χ2n) is 8.86. The second-order valence-corrected chi connectivity index (χ2v) is 8.86. The Labute approximate surface area is 186 Å². The Morgan fingerprint density at radius 1 is 1.18 bits per heavy atom. The third-order valence-electron chi connectivity index (χ3n) is 6.46. The van der Waals surface area contributed by atoms with Crippen LogP contribution in [0, 0.1) is 6.92 Å². The lowest BCUT2D eigenvalue weighted by Crippen LogP contribution is -2.63. The molecule has 1 saturated carbocycles. The van der Waals surface area contributed by atoms with E-state index in [0.717, 1.165) is 12.4 Å². The minimum absolute atomic E-state index is 0.0870. The predicted molar refractivity (Wildman–Crippen MR) is 110 cm³/mol. The van der Waals surface area contributed by atoms with Crippen molar-refractivity contribution >= 4 is 17.7 Å². The lowest BCUT2D eigenvalue weighted by atomic mass is 9.67. The molecule has 2 aromatic heterocycles. The van der Waals surface area contributed by atoms with Crippen LogP contribution in [0.1, 0.15) is 24.0 Å². The molecule has 6 rings (SSSR count). The molecule has 10 nitrogen and oxygen atoms in total. The zero-order valence-electron chi connectivity index (χ0n) is 17.8. The van der Waals surface area contributed by atoms with E-state index in [2.05, 4.69) is 25.5 Å². The highest BCUT2D eigenvalue weighted by molar-refractivity contribution is 5.88. The van der Waals surface area contributed by atoms with Gasteiger partial charge < -0.3 is 19.9 Å². The fourth-order valence-corrected chi connectivity index (χ4v) is 4.73. The Morgan fingerprint density at radius 3 is 2.45 bits per heavy atom. The molecule has 4 aliphatic rings. The average molecular weight is 465 g/mol. The summed E-state index contributed by atoms with van der Waals surface area (Å²) in [5.41, 5.74) is -1.88. The number of anilines is 2. The van der Waals surface area contributed by atoms with Gasteiger partial charge in [0.15, 0.2) is 5.60 Å². The summed E-state index contributed by atoms with van der Waals surface area (Å²) in [6.07, 6.45) is -1.94. The molecule has 1 aliphatic carbocycles. The van der Waals surface area contributed by atoms with Crippen LogP contribution in [-0.2, 0) is 15.7 Å².